The molecule has 1 fully saturated rings. The van der Waals surface area contributed by atoms with Crippen LogP contribution in [-0.4, -0.2) is 24.9 Å². The van der Waals surface area contributed by atoms with Crippen LogP contribution in [0.5, 0.6) is 11.5 Å². The highest BCUT2D eigenvalue weighted by molar-refractivity contribution is 6.11. The van der Waals surface area contributed by atoms with E-state index in [0.29, 0.717) is 36.0 Å². The van der Waals surface area contributed by atoms with Gasteiger partial charge in [0.2, 0.25) is 0 Å². The van der Waals surface area contributed by atoms with Crippen molar-refractivity contribution in [2.45, 2.75) is 12.8 Å². The van der Waals surface area contributed by atoms with Gasteiger partial charge in [-0.25, -0.2) is 4.39 Å². The molecule has 0 atom stereocenters. The van der Waals surface area contributed by atoms with Gasteiger partial charge >= 0.3 is 0 Å². The molecule has 0 radical (unpaired) electrons. The molecule has 1 amide bonds. The van der Waals surface area contributed by atoms with Gasteiger partial charge < -0.3 is 14.8 Å². The Morgan fingerprint density at radius 1 is 1.04 bits per heavy atom. The Morgan fingerprint density at radius 2 is 1.76 bits per heavy atom. The summed E-state index contributed by atoms with van der Waals surface area (Å²) in [4.78, 5) is 25.0. The summed E-state index contributed by atoms with van der Waals surface area (Å²) < 4.78 is 24.4. The molecule has 0 bridgehead atoms. The third-order valence-electron chi connectivity index (χ3n) is 4.23. The zero-order chi connectivity index (χ0) is 17.4. The standard InChI is InChI=1S/C19H16FNO4/c20-13-3-1-2-12(8-13)19(23)21-15-10-17-16(24-6-7-25-17)9-14(15)18(22)11-4-5-11/h1-3,8-11H,4-7H2,(H,21,23). The number of ether oxygens (including phenoxy) is 2. The topological polar surface area (TPSA) is 64.6 Å². The Balaban J connectivity index is 1.69. The van der Waals surface area contributed by atoms with Crippen LogP contribution in [0, 0.1) is 11.7 Å². The first-order valence-corrected chi connectivity index (χ1v) is 8.16. The van der Waals surface area contributed by atoms with Crippen LogP contribution in [0.15, 0.2) is 36.4 Å². The lowest BCUT2D eigenvalue weighted by Crippen LogP contribution is -2.19. The van der Waals surface area contributed by atoms with Gasteiger partial charge in [-0.15, -0.1) is 0 Å². The average molecular weight is 341 g/mol. The molecule has 1 aliphatic heterocycles. The van der Waals surface area contributed by atoms with Crippen molar-refractivity contribution in [2.75, 3.05) is 18.5 Å². The second kappa shape index (κ2) is 6.20. The van der Waals surface area contributed by atoms with Gasteiger partial charge in [-0.2, -0.15) is 0 Å². The average Bonchev–Trinajstić information content (AvgIpc) is 3.45. The van der Waals surface area contributed by atoms with Crippen LogP contribution in [0.2, 0.25) is 0 Å². The molecule has 0 spiro atoms. The van der Waals surface area contributed by atoms with Crippen LogP contribution in [0.3, 0.4) is 0 Å². The van der Waals surface area contributed by atoms with Crippen LogP contribution < -0.4 is 14.8 Å². The van der Waals surface area contributed by atoms with Crippen LogP contribution >= 0.6 is 0 Å². The first-order chi connectivity index (χ1) is 12.1. The molecule has 5 nitrogen and oxygen atoms in total. The molecule has 2 aliphatic rings. The van der Waals surface area contributed by atoms with Gasteiger partial charge in [0, 0.05) is 23.1 Å². The van der Waals surface area contributed by atoms with E-state index in [-0.39, 0.29) is 17.3 Å². The number of halogens is 1. The van der Waals surface area contributed by atoms with Gasteiger partial charge in [0.1, 0.15) is 19.0 Å². The van der Waals surface area contributed by atoms with E-state index in [1.807, 2.05) is 0 Å². The first kappa shape index (κ1) is 15.6. The van der Waals surface area contributed by atoms with Crippen molar-refractivity contribution >= 4 is 17.4 Å². The second-order valence-electron chi connectivity index (χ2n) is 6.14. The SMILES string of the molecule is O=C(Nc1cc2c(cc1C(=O)C1CC1)OCCO2)c1cccc(F)c1. The smallest absolute Gasteiger partial charge is 0.255 e. The highest BCUT2D eigenvalue weighted by atomic mass is 19.1. The fourth-order valence-electron chi connectivity index (χ4n) is 2.79. The number of benzene rings is 2. The number of hydrogen-bond donors (Lipinski definition) is 1. The second-order valence-corrected chi connectivity index (χ2v) is 6.14. The molecule has 2 aromatic rings. The van der Waals surface area contributed by atoms with Crippen LogP contribution in [0.1, 0.15) is 33.6 Å². The maximum atomic E-state index is 13.3. The lowest BCUT2D eigenvalue weighted by molar-refractivity contribution is 0.0967. The van der Waals surface area contributed by atoms with Crippen LogP contribution in [0.4, 0.5) is 10.1 Å². The zero-order valence-electron chi connectivity index (χ0n) is 13.4. The summed E-state index contributed by atoms with van der Waals surface area (Å²) in [5.41, 5.74) is 0.937. The highest BCUT2D eigenvalue weighted by Crippen LogP contribution is 2.40. The Labute approximate surface area is 143 Å². The molecule has 1 N–H and O–H groups in total. The number of rotatable bonds is 4. The lowest BCUT2D eigenvalue weighted by atomic mass is 10.0. The number of ketones is 1. The number of carbonyl (C=O) groups excluding carboxylic acids is 2. The normalized spacial score (nSPS) is 15.6. The highest BCUT2D eigenvalue weighted by Gasteiger charge is 2.33. The third kappa shape index (κ3) is 3.20. The minimum absolute atomic E-state index is 0.00705. The van der Waals surface area contributed by atoms with E-state index in [2.05, 4.69) is 5.32 Å². The number of fused-ring (bicyclic) bond motifs is 1. The summed E-state index contributed by atoms with van der Waals surface area (Å²) >= 11 is 0. The van der Waals surface area contributed by atoms with Gasteiger partial charge in [0.15, 0.2) is 17.3 Å². The molecule has 6 heteroatoms. The number of carbonyl (C=O) groups is 2. The molecule has 128 valence electrons. The van der Waals surface area contributed by atoms with Crippen molar-refractivity contribution in [2.24, 2.45) is 5.92 Å². The number of Topliss-reactive ketones (excluding diaryl/α,β-unsaturated/α-hetero) is 1. The van der Waals surface area contributed by atoms with E-state index >= 15 is 0 Å². The fourth-order valence-corrected chi connectivity index (χ4v) is 2.79. The Kier molecular flexibility index (Phi) is 3.87. The van der Waals surface area contributed by atoms with E-state index in [0.717, 1.165) is 18.9 Å². The lowest BCUT2D eigenvalue weighted by Gasteiger charge is -2.21. The molecule has 1 aliphatic carbocycles. The van der Waals surface area contributed by atoms with Gasteiger partial charge in [-0.3, -0.25) is 9.59 Å². The monoisotopic (exact) mass is 341 g/mol. The van der Waals surface area contributed by atoms with Crippen molar-refractivity contribution in [3.05, 3.63) is 53.3 Å². The molecule has 0 aromatic heterocycles. The quantitative estimate of drug-likeness (QED) is 0.865. The molecular weight excluding hydrogens is 325 g/mol. The van der Waals surface area contributed by atoms with Gasteiger partial charge in [0.25, 0.3) is 5.91 Å². The molecule has 4 rings (SSSR count). The maximum absolute atomic E-state index is 13.3. The number of amides is 1. The minimum atomic E-state index is -0.496. The minimum Gasteiger partial charge on any atom is -0.486 e. The zero-order valence-corrected chi connectivity index (χ0v) is 13.4. The number of nitrogens with one attached hydrogen (secondary N) is 1. The predicted octanol–water partition coefficient (Wildman–Crippen LogP) is 3.44. The maximum Gasteiger partial charge on any atom is 0.255 e. The largest absolute Gasteiger partial charge is 0.486 e. The van der Waals surface area contributed by atoms with Crippen molar-refractivity contribution in [3.63, 3.8) is 0 Å². The molecule has 1 heterocycles. The Morgan fingerprint density at radius 3 is 2.44 bits per heavy atom. The summed E-state index contributed by atoms with van der Waals surface area (Å²) in [5.74, 6) is -0.0313. The van der Waals surface area contributed by atoms with Crippen LogP contribution in [-0.2, 0) is 0 Å². The number of anilines is 1. The molecule has 0 saturated heterocycles. The van der Waals surface area contributed by atoms with Gasteiger partial charge in [-0.05, 0) is 37.1 Å². The molecule has 0 unspecified atom stereocenters. The van der Waals surface area contributed by atoms with Crippen molar-refractivity contribution in [1.29, 1.82) is 0 Å². The summed E-state index contributed by atoms with van der Waals surface area (Å²) in [6.07, 6.45) is 1.70. The van der Waals surface area contributed by atoms with Crippen molar-refractivity contribution in [3.8, 4) is 11.5 Å². The molecule has 25 heavy (non-hydrogen) atoms. The number of hydrogen-bond acceptors (Lipinski definition) is 4. The third-order valence-corrected chi connectivity index (χ3v) is 4.23. The van der Waals surface area contributed by atoms with E-state index in [1.54, 1.807) is 12.1 Å². The van der Waals surface area contributed by atoms with Gasteiger partial charge in [0.05, 0.1) is 5.69 Å². The van der Waals surface area contributed by atoms with Gasteiger partial charge in [-0.1, -0.05) is 6.07 Å². The summed E-state index contributed by atoms with van der Waals surface area (Å²) in [6.45, 7) is 0.819. The van der Waals surface area contributed by atoms with E-state index < -0.39 is 11.7 Å². The Hall–Kier alpha value is -2.89. The summed E-state index contributed by atoms with van der Waals surface area (Å²) in [6, 6.07) is 8.61. The predicted molar refractivity (Wildman–Crippen MR) is 88.8 cm³/mol. The van der Waals surface area contributed by atoms with Crippen molar-refractivity contribution < 1.29 is 23.5 Å². The first-order valence-electron chi connectivity index (χ1n) is 8.16. The molecule has 2 aromatic carbocycles. The fraction of sp³-hybridized carbons (Fsp3) is 0.263. The van der Waals surface area contributed by atoms with E-state index in [4.69, 9.17) is 9.47 Å². The summed E-state index contributed by atoms with van der Waals surface area (Å²) in [7, 11) is 0. The molecule has 1 saturated carbocycles. The summed E-state index contributed by atoms with van der Waals surface area (Å²) in [5, 5.41) is 2.71. The van der Waals surface area contributed by atoms with Crippen molar-refractivity contribution in [1.82, 2.24) is 0 Å². The molecular formula is C19H16FNO4. The Bertz CT molecular complexity index is 860. The van der Waals surface area contributed by atoms with E-state index in [1.165, 1.54) is 18.2 Å². The van der Waals surface area contributed by atoms with E-state index in [9.17, 15) is 14.0 Å². The van der Waals surface area contributed by atoms with Crippen LogP contribution in [0.25, 0.3) is 0 Å².